The highest BCUT2D eigenvalue weighted by Gasteiger charge is 2.17. The maximum atomic E-state index is 10.3. The fraction of sp³-hybridized carbons (Fsp3) is 0.429. The Morgan fingerprint density at radius 1 is 0.885 bits per heavy atom. The first-order valence-electron chi connectivity index (χ1n) is 8.90. The van der Waals surface area contributed by atoms with E-state index in [4.69, 9.17) is 27.9 Å². The van der Waals surface area contributed by atoms with Gasteiger partial charge in [0.05, 0.1) is 18.8 Å². The summed E-state index contributed by atoms with van der Waals surface area (Å²) in [7, 11) is 0. The highest BCUT2D eigenvalue weighted by atomic mass is 35.5. The highest BCUT2D eigenvalue weighted by molar-refractivity contribution is 6.30. The number of halogens is 2. The summed E-state index contributed by atoms with van der Waals surface area (Å²) in [5.41, 5.74) is 2.20. The van der Waals surface area contributed by atoms with Crippen LogP contribution in [0.25, 0.3) is 0 Å². The van der Waals surface area contributed by atoms with Crippen molar-refractivity contribution < 1.29 is 9.84 Å². The topological polar surface area (TPSA) is 41.5 Å². The average molecular weight is 396 g/mol. The van der Waals surface area contributed by atoms with Gasteiger partial charge in [-0.05, 0) is 48.2 Å². The summed E-state index contributed by atoms with van der Waals surface area (Å²) >= 11 is 11.9. The fourth-order valence-corrected chi connectivity index (χ4v) is 3.07. The fourth-order valence-electron chi connectivity index (χ4n) is 2.82. The smallest absolute Gasteiger partial charge is 0.0898 e. The Hall–Kier alpha value is -1.10. The zero-order valence-corrected chi connectivity index (χ0v) is 17.0. The quantitative estimate of drug-likeness (QED) is 0.595. The van der Waals surface area contributed by atoms with Gasteiger partial charge in [-0.25, -0.2) is 0 Å². The standard InChI is InChI=1S/C21H27Cl2NO2/c1-14(2)21(17-6-10-19(23)11-7-17)24-12-20(25)13-26-15(3)16-4-8-18(22)9-5-16/h4-11,14-15,20-21,24-25H,12-13H2,1-3H3. The Balaban J connectivity index is 1.83. The number of rotatable bonds is 9. The Morgan fingerprint density at radius 2 is 1.38 bits per heavy atom. The molecule has 142 valence electrons. The number of hydrogen-bond donors (Lipinski definition) is 2. The molecule has 3 nitrogen and oxygen atoms in total. The van der Waals surface area contributed by atoms with Crippen LogP contribution in [0.15, 0.2) is 48.5 Å². The van der Waals surface area contributed by atoms with Crippen molar-refractivity contribution in [2.75, 3.05) is 13.2 Å². The van der Waals surface area contributed by atoms with Crippen LogP contribution in [0.1, 0.15) is 44.0 Å². The number of aliphatic hydroxyl groups is 1. The van der Waals surface area contributed by atoms with Crippen LogP contribution in [0.5, 0.6) is 0 Å². The third-order valence-corrected chi connectivity index (χ3v) is 4.85. The van der Waals surface area contributed by atoms with Gasteiger partial charge in [-0.1, -0.05) is 61.3 Å². The number of benzene rings is 2. The second kappa shape index (κ2) is 10.3. The molecular weight excluding hydrogens is 369 g/mol. The molecule has 0 aliphatic rings. The van der Waals surface area contributed by atoms with Gasteiger partial charge >= 0.3 is 0 Å². The van der Waals surface area contributed by atoms with Gasteiger partial charge in [-0.15, -0.1) is 0 Å². The molecular formula is C21H27Cl2NO2. The zero-order valence-electron chi connectivity index (χ0n) is 15.5. The van der Waals surface area contributed by atoms with Crippen LogP contribution in [0.4, 0.5) is 0 Å². The summed E-state index contributed by atoms with van der Waals surface area (Å²) in [6.45, 7) is 6.99. The van der Waals surface area contributed by atoms with Crippen molar-refractivity contribution in [1.82, 2.24) is 5.32 Å². The van der Waals surface area contributed by atoms with Gasteiger partial charge in [0.25, 0.3) is 0 Å². The van der Waals surface area contributed by atoms with Crippen LogP contribution in [0, 0.1) is 5.92 Å². The minimum absolute atomic E-state index is 0.0981. The minimum atomic E-state index is -0.585. The molecule has 5 heteroatoms. The average Bonchev–Trinajstić information content (AvgIpc) is 2.61. The van der Waals surface area contributed by atoms with E-state index in [9.17, 15) is 5.11 Å². The molecule has 0 heterocycles. The lowest BCUT2D eigenvalue weighted by Gasteiger charge is -2.25. The number of nitrogens with one attached hydrogen (secondary N) is 1. The van der Waals surface area contributed by atoms with E-state index in [-0.39, 0.29) is 18.8 Å². The molecule has 0 saturated carbocycles. The van der Waals surface area contributed by atoms with Crippen LogP contribution >= 0.6 is 23.2 Å². The van der Waals surface area contributed by atoms with E-state index in [0.29, 0.717) is 17.5 Å². The first-order chi connectivity index (χ1) is 12.4. The predicted octanol–water partition coefficient (Wildman–Crippen LogP) is 5.42. The van der Waals surface area contributed by atoms with E-state index in [1.165, 1.54) is 0 Å². The molecule has 0 spiro atoms. The number of ether oxygens (including phenoxy) is 1. The first kappa shape index (κ1) is 21.2. The molecule has 0 amide bonds. The van der Waals surface area contributed by atoms with E-state index in [0.717, 1.165) is 16.1 Å². The number of aliphatic hydroxyl groups excluding tert-OH is 1. The van der Waals surface area contributed by atoms with E-state index in [2.05, 4.69) is 19.2 Å². The molecule has 2 aromatic rings. The minimum Gasteiger partial charge on any atom is -0.389 e. The Morgan fingerprint density at radius 3 is 1.88 bits per heavy atom. The molecule has 2 N–H and O–H groups in total. The van der Waals surface area contributed by atoms with Crippen molar-refractivity contribution >= 4 is 23.2 Å². The lowest BCUT2D eigenvalue weighted by atomic mass is 9.96. The molecule has 0 aromatic heterocycles. The van der Waals surface area contributed by atoms with Crippen LogP contribution in [-0.4, -0.2) is 24.4 Å². The molecule has 0 saturated heterocycles. The molecule has 0 fully saturated rings. The summed E-state index contributed by atoms with van der Waals surface area (Å²) in [6.07, 6.45) is -0.683. The Labute approximate surface area is 166 Å². The lowest BCUT2D eigenvalue weighted by molar-refractivity contribution is -0.00340. The molecule has 26 heavy (non-hydrogen) atoms. The molecule has 2 rings (SSSR count). The summed E-state index contributed by atoms with van der Waals surface area (Å²) in [5.74, 6) is 0.386. The summed E-state index contributed by atoms with van der Waals surface area (Å²) in [4.78, 5) is 0. The van der Waals surface area contributed by atoms with Gasteiger partial charge in [-0.2, -0.15) is 0 Å². The van der Waals surface area contributed by atoms with Crippen LogP contribution in [0.2, 0.25) is 10.0 Å². The van der Waals surface area contributed by atoms with Crippen molar-refractivity contribution in [3.8, 4) is 0 Å². The van der Waals surface area contributed by atoms with Gasteiger partial charge in [-0.3, -0.25) is 0 Å². The molecule has 0 aliphatic heterocycles. The predicted molar refractivity (Wildman–Crippen MR) is 109 cm³/mol. The van der Waals surface area contributed by atoms with Gasteiger partial charge in [0, 0.05) is 22.6 Å². The SMILES string of the molecule is CC(OCC(O)CNC(c1ccc(Cl)cc1)C(C)C)c1ccc(Cl)cc1. The summed E-state index contributed by atoms with van der Waals surface area (Å²) < 4.78 is 5.79. The van der Waals surface area contributed by atoms with Crippen molar-refractivity contribution in [3.63, 3.8) is 0 Å². The van der Waals surface area contributed by atoms with Crippen molar-refractivity contribution in [1.29, 1.82) is 0 Å². The van der Waals surface area contributed by atoms with Crippen molar-refractivity contribution in [3.05, 3.63) is 69.7 Å². The van der Waals surface area contributed by atoms with Crippen LogP contribution < -0.4 is 5.32 Å². The van der Waals surface area contributed by atoms with Crippen LogP contribution in [0.3, 0.4) is 0 Å². The summed E-state index contributed by atoms with van der Waals surface area (Å²) in [6, 6.07) is 15.5. The lowest BCUT2D eigenvalue weighted by Crippen LogP contribution is -2.35. The maximum absolute atomic E-state index is 10.3. The Bertz CT molecular complexity index is 659. The Kier molecular flexibility index (Phi) is 8.39. The van der Waals surface area contributed by atoms with Crippen LogP contribution in [-0.2, 0) is 4.74 Å². The monoisotopic (exact) mass is 395 g/mol. The molecule has 3 atom stereocenters. The highest BCUT2D eigenvalue weighted by Crippen LogP contribution is 2.23. The second-order valence-electron chi connectivity index (χ2n) is 6.86. The van der Waals surface area contributed by atoms with E-state index < -0.39 is 6.10 Å². The zero-order chi connectivity index (χ0) is 19.1. The molecule has 0 radical (unpaired) electrons. The molecule has 0 bridgehead atoms. The van der Waals surface area contributed by atoms with Gasteiger partial charge in [0.15, 0.2) is 0 Å². The van der Waals surface area contributed by atoms with Gasteiger partial charge in [0.2, 0.25) is 0 Å². The van der Waals surface area contributed by atoms with Gasteiger partial charge in [0.1, 0.15) is 0 Å². The number of hydrogen-bond acceptors (Lipinski definition) is 3. The van der Waals surface area contributed by atoms with Crippen molar-refractivity contribution in [2.45, 2.75) is 39.0 Å². The normalized spacial score (nSPS) is 15.0. The third-order valence-electron chi connectivity index (χ3n) is 4.35. The maximum Gasteiger partial charge on any atom is 0.0898 e. The van der Waals surface area contributed by atoms with E-state index >= 15 is 0 Å². The van der Waals surface area contributed by atoms with E-state index in [1.54, 1.807) is 0 Å². The summed E-state index contributed by atoms with van der Waals surface area (Å²) in [5, 5.41) is 15.1. The third kappa shape index (κ3) is 6.57. The molecule has 2 aromatic carbocycles. The molecule has 3 unspecified atom stereocenters. The second-order valence-corrected chi connectivity index (χ2v) is 7.74. The van der Waals surface area contributed by atoms with E-state index in [1.807, 2.05) is 55.5 Å². The molecule has 0 aliphatic carbocycles. The van der Waals surface area contributed by atoms with Gasteiger partial charge < -0.3 is 15.2 Å². The van der Waals surface area contributed by atoms with Crippen molar-refractivity contribution in [2.24, 2.45) is 5.92 Å². The largest absolute Gasteiger partial charge is 0.389 e. The first-order valence-corrected chi connectivity index (χ1v) is 9.66.